The number of nitrogens with one attached hydrogen (secondary N) is 1. The van der Waals surface area contributed by atoms with E-state index in [-0.39, 0.29) is 6.17 Å². The molecule has 106 valence electrons. The first kappa shape index (κ1) is 13.4. The summed E-state index contributed by atoms with van der Waals surface area (Å²) in [6.07, 6.45) is 9.52. The molecule has 1 aromatic rings. The van der Waals surface area contributed by atoms with E-state index in [1.807, 2.05) is 12.4 Å². The molecule has 2 aliphatic rings. The van der Waals surface area contributed by atoms with Gasteiger partial charge >= 0.3 is 0 Å². The molecule has 0 aromatic heterocycles. The Morgan fingerprint density at radius 2 is 1.65 bits per heavy atom. The molecule has 0 amide bonds. The lowest BCUT2D eigenvalue weighted by molar-refractivity contribution is 0.348. The van der Waals surface area contributed by atoms with Crippen molar-refractivity contribution in [1.82, 2.24) is 5.32 Å². The van der Waals surface area contributed by atoms with Crippen LogP contribution in [0.2, 0.25) is 0 Å². The summed E-state index contributed by atoms with van der Waals surface area (Å²) in [6.45, 7) is 4.43. The van der Waals surface area contributed by atoms with Gasteiger partial charge in [-0.05, 0) is 48.3 Å². The van der Waals surface area contributed by atoms with Crippen molar-refractivity contribution in [3.05, 3.63) is 47.2 Å². The zero-order chi connectivity index (χ0) is 13.9. The molecule has 1 aliphatic carbocycles. The molecule has 1 aromatic carbocycles. The molecule has 1 saturated carbocycles. The molecule has 1 heterocycles. The summed E-state index contributed by atoms with van der Waals surface area (Å²) < 4.78 is 0. The summed E-state index contributed by atoms with van der Waals surface area (Å²) in [7, 11) is 0. The van der Waals surface area contributed by atoms with E-state index in [0.29, 0.717) is 0 Å². The van der Waals surface area contributed by atoms with Crippen LogP contribution in [0.3, 0.4) is 0 Å². The van der Waals surface area contributed by atoms with Gasteiger partial charge in [-0.3, -0.25) is 4.99 Å². The summed E-state index contributed by atoms with van der Waals surface area (Å²) in [6, 6.07) is 9.07. The Balaban J connectivity index is 1.67. The molecule has 1 atom stereocenters. The molecule has 1 aliphatic heterocycles. The average molecular weight is 268 g/mol. The molecule has 20 heavy (non-hydrogen) atoms. The molecule has 2 heteroatoms. The van der Waals surface area contributed by atoms with Gasteiger partial charge in [0.1, 0.15) is 6.17 Å². The van der Waals surface area contributed by atoms with Gasteiger partial charge in [0.05, 0.1) is 0 Å². The van der Waals surface area contributed by atoms with Crippen LogP contribution in [-0.2, 0) is 0 Å². The van der Waals surface area contributed by atoms with Gasteiger partial charge in [0.15, 0.2) is 0 Å². The van der Waals surface area contributed by atoms with Gasteiger partial charge < -0.3 is 5.32 Å². The zero-order valence-corrected chi connectivity index (χ0v) is 12.5. The highest BCUT2D eigenvalue weighted by molar-refractivity contribution is 5.78. The van der Waals surface area contributed by atoms with Gasteiger partial charge in [-0.2, -0.15) is 0 Å². The lowest BCUT2D eigenvalue weighted by Gasteiger charge is -2.27. The van der Waals surface area contributed by atoms with Crippen molar-refractivity contribution in [1.29, 1.82) is 0 Å². The van der Waals surface area contributed by atoms with Gasteiger partial charge in [-0.1, -0.05) is 44.0 Å². The van der Waals surface area contributed by atoms with Crippen LogP contribution in [0.25, 0.3) is 0 Å². The highest BCUT2D eigenvalue weighted by Gasteiger charge is 2.20. The van der Waals surface area contributed by atoms with Crippen molar-refractivity contribution in [3.63, 3.8) is 0 Å². The van der Waals surface area contributed by atoms with Crippen molar-refractivity contribution >= 4 is 6.21 Å². The molecular weight excluding hydrogens is 244 g/mol. The van der Waals surface area contributed by atoms with E-state index in [2.05, 4.69) is 48.4 Å². The standard InChI is InChI=1S/C18H24N2/c1-13-3-5-15(6-4-13)16-7-9-17(10-8-16)18-19-11-14(2)12-20-18/h7-13,15,18-19H,3-6H2,1-2H3. The van der Waals surface area contributed by atoms with Crippen LogP contribution in [-0.4, -0.2) is 6.21 Å². The third-order valence-corrected chi connectivity index (χ3v) is 4.64. The molecule has 0 bridgehead atoms. The highest BCUT2D eigenvalue weighted by Crippen LogP contribution is 2.35. The summed E-state index contributed by atoms with van der Waals surface area (Å²) in [5.41, 5.74) is 3.93. The Labute approximate surface area is 122 Å². The second-order valence-electron chi connectivity index (χ2n) is 6.36. The van der Waals surface area contributed by atoms with Crippen LogP contribution in [0, 0.1) is 5.92 Å². The Morgan fingerprint density at radius 1 is 1.00 bits per heavy atom. The molecular formula is C18H24N2. The van der Waals surface area contributed by atoms with E-state index in [9.17, 15) is 0 Å². The maximum atomic E-state index is 4.53. The fraction of sp³-hybridized carbons (Fsp3) is 0.500. The molecule has 3 rings (SSSR count). The molecule has 0 radical (unpaired) electrons. The van der Waals surface area contributed by atoms with Crippen molar-refractivity contribution in [2.75, 3.05) is 0 Å². The minimum Gasteiger partial charge on any atom is -0.366 e. The van der Waals surface area contributed by atoms with E-state index in [0.717, 1.165) is 11.8 Å². The lowest BCUT2D eigenvalue weighted by atomic mass is 9.79. The molecule has 2 nitrogen and oxygen atoms in total. The van der Waals surface area contributed by atoms with E-state index >= 15 is 0 Å². The van der Waals surface area contributed by atoms with E-state index in [4.69, 9.17) is 0 Å². The van der Waals surface area contributed by atoms with Gasteiger partial charge in [-0.15, -0.1) is 0 Å². The van der Waals surface area contributed by atoms with Crippen LogP contribution in [0.15, 0.2) is 41.0 Å². The van der Waals surface area contributed by atoms with Gasteiger partial charge in [0.2, 0.25) is 0 Å². The Kier molecular flexibility index (Phi) is 3.90. The molecule has 1 fully saturated rings. The quantitative estimate of drug-likeness (QED) is 0.835. The van der Waals surface area contributed by atoms with Crippen LogP contribution in [0.1, 0.15) is 62.7 Å². The maximum absolute atomic E-state index is 4.53. The topological polar surface area (TPSA) is 24.4 Å². The molecule has 1 N–H and O–H groups in total. The number of allylic oxidation sites excluding steroid dienone is 1. The largest absolute Gasteiger partial charge is 0.366 e. The van der Waals surface area contributed by atoms with Crippen molar-refractivity contribution in [2.45, 2.75) is 51.6 Å². The molecule has 1 unspecified atom stereocenters. The van der Waals surface area contributed by atoms with Crippen LogP contribution < -0.4 is 5.32 Å². The number of hydrogen-bond donors (Lipinski definition) is 1. The van der Waals surface area contributed by atoms with Gasteiger partial charge in [0, 0.05) is 12.4 Å². The Hall–Kier alpha value is -1.57. The van der Waals surface area contributed by atoms with Crippen LogP contribution in [0.4, 0.5) is 0 Å². The van der Waals surface area contributed by atoms with Crippen LogP contribution >= 0.6 is 0 Å². The summed E-state index contributed by atoms with van der Waals surface area (Å²) in [4.78, 5) is 4.53. The predicted molar refractivity (Wildman–Crippen MR) is 84.9 cm³/mol. The monoisotopic (exact) mass is 268 g/mol. The third kappa shape index (κ3) is 2.95. The number of benzene rings is 1. The first-order chi connectivity index (χ1) is 9.72. The highest BCUT2D eigenvalue weighted by atomic mass is 15.1. The van der Waals surface area contributed by atoms with E-state index in [1.165, 1.54) is 42.4 Å². The predicted octanol–water partition coefficient (Wildman–Crippen LogP) is 4.56. The first-order valence-corrected chi connectivity index (χ1v) is 7.78. The summed E-state index contributed by atoms with van der Waals surface area (Å²) in [5.74, 6) is 1.69. The zero-order valence-electron chi connectivity index (χ0n) is 12.5. The minimum atomic E-state index is 0.0825. The number of rotatable bonds is 2. The normalized spacial score (nSPS) is 29.7. The Bertz CT molecular complexity index is 505. The van der Waals surface area contributed by atoms with Crippen LogP contribution in [0.5, 0.6) is 0 Å². The van der Waals surface area contributed by atoms with Crippen molar-refractivity contribution in [3.8, 4) is 0 Å². The fourth-order valence-electron chi connectivity index (χ4n) is 3.21. The van der Waals surface area contributed by atoms with Crippen molar-refractivity contribution in [2.24, 2.45) is 10.9 Å². The molecule has 0 saturated heterocycles. The first-order valence-electron chi connectivity index (χ1n) is 7.78. The second-order valence-corrected chi connectivity index (χ2v) is 6.36. The molecule has 0 spiro atoms. The van der Waals surface area contributed by atoms with Gasteiger partial charge in [0.25, 0.3) is 0 Å². The van der Waals surface area contributed by atoms with Crippen molar-refractivity contribution < 1.29 is 0 Å². The number of hydrogen-bond acceptors (Lipinski definition) is 2. The van der Waals surface area contributed by atoms with Gasteiger partial charge in [-0.25, -0.2) is 0 Å². The Morgan fingerprint density at radius 3 is 2.25 bits per heavy atom. The maximum Gasteiger partial charge on any atom is 0.144 e. The summed E-state index contributed by atoms with van der Waals surface area (Å²) >= 11 is 0. The SMILES string of the molecule is CC1=CNC(c2ccc(C3CCC(C)CC3)cc2)N=C1. The minimum absolute atomic E-state index is 0.0825. The van der Waals surface area contributed by atoms with E-state index in [1.54, 1.807) is 0 Å². The number of nitrogens with zero attached hydrogens (tertiary/aromatic N) is 1. The lowest BCUT2D eigenvalue weighted by Crippen LogP contribution is -2.18. The number of aliphatic imine (C=N–C) groups is 1. The van der Waals surface area contributed by atoms with E-state index < -0.39 is 0 Å². The third-order valence-electron chi connectivity index (χ3n) is 4.64. The second kappa shape index (κ2) is 5.82. The fourth-order valence-corrected chi connectivity index (χ4v) is 3.21. The average Bonchev–Trinajstić information content (AvgIpc) is 2.49. The smallest absolute Gasteiger partial charge is 0.144 e. The summed E-state index contributed by atoms with van der Waals surface area (Å²) in [5, 5.41) is 3.33.